The molecular weight excluding hydrogens is 214 g/mol. The molecule has 2 aliphatic rings. The lowest BCUT2D eigenvalue weighted by Crippen LogP contribution is -2.49. The third-order valence-corrected chi connectivity index (χ3v) is 4.75. The number of likely N-dealkylation sites (tertiary alicyclic amines) is 1. The molecule has 1 saturated carbocycles. The summed E-state index contributed by atoms with van der Waals surface area (Å²) in [7, 11) is 0. The molecule has 16 heavy (non-hydrogen) atoms. The van der Waals surface area contributed by atoms with E-state index >= 15 is 0 Å². The van der Waals surface area contributed by atoms with E-state index in [1.807, 2.05) is 0 Å². The monoisotopic (exact) mass is 239 g/mol. The quantitative estimate of drug-likeness (QED) is 0.680. The lowest BCUT2D eigenvalue weighted by molar-refractivity contribution is 0.119. The maximum absolute atomic E-state index is 5.63. The Hall–Kier alpha value is -0.110. The van der Waals surface area contributed by atoms with Gasteiger partial charge in [-0.2, -0.15) is 0 Å². The largest absolute Gasteiger partial charge is 0.363 e. The first-order valence-corrected chi connectivity index (χ1v) is 7.53. The van der Waals surface area contributed by atoms with Crippen molar-refractivity contribution >= 4 is 17.2 Å². The Labute approximate surface area is 106 Å². The summed E-state index contributed by atoms with van der Waals surface area (Å²) in [6.07, 6.45) is 12.2. The van der Waals surface area contributed by atoms with Crippen LogP contribution in [0.2, 0.25) is 0 Å². The zero-order chi connectivity index (χ0) is 11.4. The van der Waals surface area contributed by atoms with E-state index in [1.54, 1.807) is 0 Å². The summed E-state index contributed by atoms with van der Waals surface area (Å²) < 4.78 is 0. The molecule has 1 saturated heterocycles. The van der Waals surface area contributed by atoms with E-state index in [9.17, 15) is 0 Å². The molecule has 0 spiro atoms. The van der Waals surface area contributed by atoms with Crippen molar-refractivity contribution in [3.63, 3.8) is 0 Å². The lowest BCUT2D eigenvalue weighted by atomic mass is 9.78. The minimum absolute atomic E-state index is 0.812. The summed E-state index contributed by atoms with van der Waals surface area (Å²) in [5.74, 6) is 0.960. The molecule has 1 nitrogen and oxygen atoms in total. The highest BCUT2D eigenvalue weighted by Crippen LogP contribution is 2.35. The summed E-state index contributed by atoms with van der Waals surface area (Å²) in [5, 5.41) is 0. The molecule has 0 unspecified atom stereocenters. The van der Waals surface area contributed by atoms with Crippen LogP contribution in [-0.4, -0.2) is 22.5 Å². The number of nitrogens with zero attached hydrogens (tertiary/aromatic N) is 1. The molecule has 0 aromatic heterocycles. The molecule has 1 heterocycles. The highest BCUT2D eigenvalue weighted by molar-refractivity contribution is 7.80. The van der Waals surface area contributed by atoms with E-state index in [0.29, 0.717) is 0 Å². The van der Waals surface area contributed by atoms with Gasteiger partial charge in [0.25, 0.3) is 0 Å². The van der Waals surface area contributed by atoms with Crippen LogP contribution in [0.5, 0.6) is 0 Å². The first kappa shape index (κ1) is 12.3. The van der Waals surface area contributed by atoms with E-state index in [4.69, 9.17) is 12.2 Å². The first-order valence-electron chi connectivity index (χ1n) is 7.12. The van der Waals surface area contributed by atoms with Gasteiger partial charge in [0.1, 0.15) is 0 Å². The second-order valence-electron chi connectivity index (χ2n) is 5.44. The molecule has 2 rings (SSSR count). The van der Waals surface area contributed by atoms with Crippen molar-refractivity contribution < 1.29 is 0 Å². The molecule has 0 aromatic carbocycles. The predicted octanol–water partition coefficient (Wildman–Crippen LogP) is 4.16. The van der Waals surface area contributed by atoms with E-state index in [0.717, 1.165) is 18.4 Å². The van der Waals surface area contributed by atoms with Gasteiger partial charge < -0.3 is 4.90 Å². The van der Waals surface area contributed by atoms with Gasteiger partial charge in [-0.15, -0.1) is 0 Å². The fourth-order valence-electron chi connectivity index (χ4n) is 3.41. The summed E-state index contributed by atoms with van der Waals surface area (Å²) in [5.41, 5.74) is 0. The van der Waals surface area contributed by atoms with Gasteiger partial charge in [-0.3, -0.25) is 0 Å². The van der Waals surface area contributed by atoms with Crippen molar-refractivity contribution in [2.45, 2.75) is 70.8 Å². The average Bonchev–Trinajstić information content (AvgIpc) is 2.35. The molecule has 2 atom stereocenters. The van der Waals surface area contributed by atoms with Crippen molar-refractivity contribution in [1.29, 1.82) is 0 Å². The van der Waals surface area contributed by atoms with Crippen LogP contribution in [0.3, 0.4) is 0 Å². The Kier molecular flexibility index (Phi) is 4.63. The Morgan fingerprint density at radius 2 is 1.94 bits per heavy atom. The summed E-state index contributed by atoms with van der Waals surface area (Å²) >= 11 is 5.63. The molecule has 0 amide bonds. The minimum Gasteiger partial charge on any atom is -0.363 e. The van der Waals surface area contributed by atoms with Gasteiger partial charge in [0.05, 0.1) is 4.99 Å². The Morgan fingerprint density at radius 1 is 1.19 bits per heavy atom. The van der Waals surface area contributed by atoms with Crippen LogP contribution in [0.4, 0.5) is 0 Å². The highest BCUT2D eigenvalue weighted by atomic mass is 32.1. The van der Waals surface area contributed by atoms with Crippen LogP contribution in [0, 0.1) is 5.92 Å². The number of thiocarbonyl (C=S) groups is 1. The normalized spacial score (nSPS) is 29.9. The number of unbranched alkanes of at least 4 members (excludes halogenated alkanes) is 1. The molecule has 0 N–H and O–H groups in total. The lowest BCUT2D eigenvalue weighted by Gasteiger charge is -2.45. The molecule has 0 radical (unpaired) electrons. The van der Waals surface area contributed by atoms with Gasteiger partial charge >= 0.3 is 0 Å². The van der Waals surface area contributed by atoms with Crippen LogP contribution >= 0.6 is 12.2 Å². The average molecular weight is 239 g/mol. The second-order valence-corrected chi connectivity index (χ2v) is 5.92. The summed E-state index contributed by atoms with van der Waals surface area (Å²) in [6, 6.07) is 0.812. The van der Waals surface area contributed by atoms with Gasteiger partial charge in [0.15, 0.2) is 0 Å². The van der Waals surface area contributed by atoms with Crippen LogP contribution in [0.1, 0.15) is 64.7 Å². The fourth-order valence-corrected chi connectivity index (χ4v) is 3.78. The molecule has 1 aliphatic heterocycles. The SMILES string of the molecule is CCCCC(=S)N1CCC[C@@H]2CCCC[C@@H]21. The minimum atomic E-state index is 0.812. The van der Waals surface area contributed by atoms with Crippen LogP contribution in [0.15, 0.2) is 0 Å². The second kappa shape index (κ2) is 6.00. The van der Waals surface area contributed by atoms with Crippen molar-refractivity contribution in [1.82, 2.24) is 4.90 Å². The van der Waals surface area contributed by atoms with Crippen molar-refractivity contribution in [3.05, 3.63) is 0 Å². The predicted molar refractivity (Wildman–Crippen MR) is 73.8 cm³/mol. The number of hydrogen-bond donors (Lipinski definition) is 0. The maximum atomic E-state index is 5.63. The van der Waals surface area contributed by atoms with Crippen LogP contribution in [-0.2, 0) is 0 Å². The first-order chi connectivity index (χ1) is 7.83. The Balaban J connectivity index is 1.93. The van der Waals surface area contributed by atoms with E-state index in [2.05, 4.69) is 11.8 Å². The van der Waals surface area contributed by atoms with Gasteiger partial charge in [-0.25, -0.2) is 0 Å². The number of hydrogen-bond acceptors (Lipinski definition) is 1. The van der Waals surface area contributed by atoms with Gasteiger partial charge in [0, 0.05) is 12.6 Å². The number of rotatable bonds is 3. The molecule has 2 heteroatoms. The topological polar surface area (TPSA) is 3.24 Å². The third-order valence-electron chi connectivity index (χ3n) is 4.31. The number of fused-ring (bicyclic) bond motifs is 1. The summed E-state index contributed by atoms with van der Waals surface area (Å²) in [4.78, 5) is 3.86. The van der Waals surface area contributed by atoms with Gasteiger partial charge in [-0.1, -0.05) is 38.4 Å². The Morgan fingerprint density at radius 3 is 2.75 bits per heavy atom. The highest BCUT2D eigenvalue weighted by Gasteiger charge is 2.33. The molecule has 0 bridgehead atoms. The van der Waals surface area contributed by atoms with Crippen molar-refractivity contribution in [2.24, 2.45) is 5.92 Å². The smallest absolute Gasteiger partial charge is 0.0781 e. The third kappa shape index (κ3) is 2.77. The summed E-state index contributed by atoms with van der Waals surface area (Å²) in [6.45, 7) is 3.49. The van der Waals surface area contributed by atoms with Gasteiger partial charge in [-0.05, 0) is 44.4 Å². The van der Waals surface area contributed by atoms with Crippen LogP contribution in [0.25, 0.3) is 0 Å². The fraction of sp³-hybridized carbons (Fsp3) is 0.929. The van der Waals surface area contributed by atoms with Crippen molar-refractivity contribution in [3.8, 4) is 0 Å². The molecule has 1 aliphatic carbocycles. The molecule has 92 valence electrons. The van der Waals surface area contributed by atoms with Crippen LogP contribution < -0.4 is 0 Å². The zero-order valence-corrected chi connectivity index (χ0v) is 11.4. The standard InChI is InChI=1S/C14H25NS/c1-2-3-10-14(16)15-11-6-8-12-7-4-5-9-13(12)15/h12-13H,2-11H2,1H3/t12-,13-/m0/s1. The van der Waals surface area contributed by atoms with E-state index < -0.39 is 0 Å². The molecular formula is C14H25NS. The molecule has 2 fully saturated rings. The maximum Gasteiger partial charge on any atom is 0.0781 e. The number of piperidine rings is 1. The van der Waals surface area contributed by atoms with E-state index in [-0.39, 0.29) is 0 Å². The van der Waals surface area contributed by atoms with E-state index in [1.165, 1.54) is 62.9 Å². The van der Waals surface area contributed by atoms with Crippen molar-refractivity contribution in [2.75, 3.05) is 6.54 Å². The zero-order valence-electron chi connectivity index (χ0n) is 10.6. The Bertz CT molecular complexity index is 237. The van der Waals surface area contributed by atoms with Gasteiger partial charge in [0.2, 0.25) is 0 Å². The molecule has 0 aromatic rings.